The number of nitrogens with zero attached hydrogens (tertiary/aromatic N) is 1. The van der Waals surface area contributed by atoms with Crippen LogP contribution in [0.4, 0.5) is 0 Å². The first-order valence-electron chi connectivity index (χ1n) is 4.78. The van der Waals surface area contributed by atoms with Crippen LogP contribution in [0.15, 0.2) is 29.4 Å². The molecule has 3 heteroatoms. The topological polar surface area (TPSA) is 38.9 Å². The van der Waals surface area contributed by atoms with E-state index < -0.39 is 0 Å². The van der Waals surface area contributed by atoms with Crippen LogP contribution in [0.25, 0.3) is 0 Å². The van der Waals surface area contributed by atoms with Gasteiger partial charge in [0.2, 0.25) is 0 Å². The predicted octanol–water partition coefficient (Wildman–Crippen LogP) is 2.55. The molecule has 14 heavy (non-hydrogen) atoms. The Labute approximate surface area is 90.3 Å². The van der Waals surface area contributed by atoms with Crippen LogP contribution in [0, 0.1) is 5.41 Å². The zero-order valence-corrected chi connectivity index (χ0v) is 9.84. The van der Waals surface area contributed by atoms with Crippen molar-refractivity contribution < 1.29 is 0 Å². The first kappa shape index (κ1) is 11.5. The molecule has 0 spiro atoms. The number of hydrogen-bond donors (Lipinski definition) is 1. The summed E-state index contributed by atoms with van der Waals surface area (Å²) in [6.07, 6.45) is 3.62. The summed E-state index contributed by atoms with van der Waals surface area (Å²) in [4.78, 5) is 5.21. The molecule has 1 aromatic heterocycles. The molecule has 0 amide bonds. The molecule has 0 fully saturated rings. The standard InChI is InChI=1S/C11H18N2S/c1-11(2,3)10(12)8-14-9-4-6-13-7-5-9/h4-7,10H,8,12H2,1-3H3. The summed E-state index contributed by atoms with van der Waals surface area (Å²) in [7, 11) is 0. The molecule has 0 radical (unpaired) electrons. The summed E-state index contributed by atoms with van der Waals surface area (Å²) in [6, 6.07) is 4.25. The van der Waals surface area contributed by atoms with Crippen LogP contribution < -0.4 is 5.73 Å². The molecule has 1 atom stereocenters. The van der Waals surface area contributed by atoms with Crippen molar-refractivity contribution in [2.24, 2.45) is 11.1 Å². The summed E-state index contributed by atoms with van der Waals surface area (Å²) in [6.45, 7) is 6.51. The Morgan fingerprint density at radius 2 is 1.93 bits per heavy atom. The van der Waals surface area contributed by atoms with Gasteiger partial charge in [-0.1, -0.05) is 20.8 Å². The van der Waals surface area contributed by atoms with Crippen molar-refractivity contribution in [2.75, 3.05) is 5.75 Å². The smallest absolute Gasteiger partial charge is 0.0278 e. The second-order valence-electron chi connectivity index (χ2n) is 4.47. The molecule has 0 aliphatic heterocycles. The molecule has 78 valence electrons. The molecule has 1 aromatic rings. The van der Waals surface area contributed by atoms with Crippen LogP contribution in [0.2, 0.25) is 0 Å². The van der Waals surface area contributed by atoms with E-state index in [1.54, 1.807) is 11.8 Å². The third-order valence-corrected chi connectivity index (χ3v) is 3.32. The minimum Gasteiger partial charge on any atom is -0.326 e. The second kappa shape index (κ2) is 4.80. The van der Waals surface area contributed by atoms with Crippen molar-refractivity contribution in [1.29, 1.82) is 0 Å². The molecule has 0 aliphatic carbocycles. The largest absolute Gasteiger partial charge is 0.326 e. The van der Waals surface area contributed by atoms with Crippen LogP contribution in [-0.2, 0) is 0 Å². The fourth-order valence-corrected chi connectivity index (χ4v) is 2.06. The zero-order chi connectivity index (χ0) is 10.6. The third kappa shape index (κ3) is 3.68. The van der Waals surface area contributed by atoms with Gasteiger partial charge in [-0.15, -0.1) is 11.8 Å². The van der Waals surface area contributed by atoms with E-state index in [9.17, 15) is 0 Å². The molecule has 2 N–H and O–H groups in total. The van der Waals surface area contributed by atoms with Crippen molar-refractivity contribution in [2.45, 2.75) is 31.7 Å². The average molecular weight is 210 g/mol. The molecule has 0 aliphatic rings. The van der Waals surface area contributed by atoms with E-state index in [0.717, 1.165) is 5.75 Å². The van der Waals surface area contributed by atoms with Gasteiger partial charge in [0.15, 0.2) is 0 Å². The Morgan fingerprint density at radius 3 is 2.43 bits per heavy atom. The molecule has 0 saturated heterocycles. The van der Waals surface area contributed by atoms with E-state index in [2.05, 4.69) is 25.8 Å². The Kier molecular flexibility index (Phi) is 3.96. The summed E-state index contributed by atoms with van der Waals surface area (Å²) in [5, 5.41) is 0. The first-order valence-corrected chi connectivity index (χ1v) is 5.77. The van der Waals surface area contributed by atoms with E-state index in [1.807, 2.05) is 24.5 Å². The second-order valence-corrected chi connectivity index (χ2v) is 5.56. The Hall–Kier alpha value is -0.540. The fraction of sp³-hybridized carbons (Fsp3) is 0.545. The van der Waals surface area contributed by atoms with E-state index >= 15 is 0 Å². The molecular weight excluding hydrogens is 192 g/mol. The minimum absolute atomic E-state index is 0.181. The Balaban J connectivity index is 2.42. The van der Waals surface area contributed by atoms with Gasteiger partial charge in [-0.05, 0) is 17.5 Å². The van der Waals surface area contributed by atoms with Gasteiger partial charge in [-0.3, -0.25) is 4.98 Å². The number of pyridine rings is 1. The molecular formula is C11H18N2S. The molecule has 0 aromatic carbocycles. The van der Waals surface area contributed by atoms with E-state index in [0.29, 0.717) is 0 Å². The summed E-state index contributed by atoms with van der Waals surface area (Å²) < 4.78 is 0. The lowest BCUT2D eigenvalue weighted by Crippen LogP contribution is -2.37. The lowest BCUT2D eigenvalue weighted by Gasteiger charge is -2.26. The molecule has 0 bridgehead atoms. The SMILES string of the molecule is CC(C)(C)C(N)CSc1ccncc1. The van der Waals surface area contributed by atoms with E-state index in [4.69, 9.17) is 5.73 Å². The lowest BCUT2D eigenvalue weighted by atomic mass is 9.89. The van der Waals surface area contributed by atoms with Gasteiger partial charge in [0.25, 0.3) is 0 Å². The maximum absolute atomic E-state index is 6.06. The highest BCUT2D eigenvalue weighted by molar-refractivity contribution is 7.99. The van der Waals surface area contributed by atoms with Gasteiger partial charge >= 0.3 is 0 Å². The minimum atomic E-state index is 0.181. The normalized spacial score (nSPS) is 14.0. The quantitative estimate of drug-likeness (QED) is 0.779. The summed E-state index contributed by atoms with van der Waals surface area (Å²) >= 11 is 1.79. The van der Waals surface area contributed by atoms with Gasteiger partial charge < -0.3 is 5.73 Å². The molecule has 1 heterocycles. The van der Waals surface area contributed by atoms with Crippen LogP contribution in [0.3, 0.4) is 0 Å². The highest BCUT2D eigenvalue weighted by Crippen LogP contribution is 2.24. The van der Waals surface area contributed by atoms with Crippen LogP contribution in [0.5, 0.6) is 0 Å². The first-order chi connectivity index (χ1) is 6.50. The van der Waals surface area contributed by atoms with Crippen molar-refractivity contribution in [3.05, 3.63) is 24.5 Å². The van der Waals surface area contributed by atoms with Crippen LogP contribution >= 0.6 is 11.8 Å². The molecule has 1 unspecified atom stereocenters. The van der Waals surface area contributed by atoms with Crippen molar-refractivity contribution in [1.82, 2.24) is 4.98 Å². The summed E-state index contributed by atoms with van der Waals surface area (Å²) in [5.41, 5.74) is 6.24. The lowest BCUT2D eigenvalue weighted by molar-refractivity contribution is 0.344. The fourth-order valence-electron chi connectivity index (χ4n) is 0.870. The average Bonchev–Trinajstić information content (AvgIpc) is 2.14. The van der Waals surface area contributed by atoms with Gasteiger partial charge in [0.1, 0.15) is 0 Å². The molecule has 1 rings (SSSR count). The number of nitrogens with two attached hydrogens (primary N) is 1. The van der Waals surface area contributed by atoms with Gasteiger partial charge in [-0.25, -0.2) is 0 Å². The number of aromatic nitrogens is 1. The number of hydrogen-bond acceptors (Lipinski definition) is 3. The zero-order valence-electron chi connectivity index (χ0n) is 9.03. The van der Waals surface area contributed by atoms with E-state index in [-0.39, 0.29) is 11.5 Å². The third-order valence-electron chi connectivity index (χ3n) is 2.19. The van der Waals surface area contributed by atoms with Crippen molar-refractivity contribution in [3.8, 4) is 0 Å². The maximum atomic E-state index is 6.06. The molecule has 2 nitrogen and oxygen atoms in total. The Morgan fingerprint density at radius 1 is 1.36 bits per heavy atom. The van der Waals surface area contributed by atoms with Crippen molar-refractivity contribution in [3.63, 3.8) is 0 Å². The highest BCUT2D eigenvalue weighted by atomic mass is 32.2. The highest BCUT2D eigenvalue weighted by Gasteiger charge is 2.20. The van der Waals surface area contributed by atoms with Crippen molar-refractivity contribution >= 4 is 11.8 Å². The van der Waals surface area contributed by atoms with E-state index in [1.165, 1.54) is 4.90 Å². The maximum Gasteiger partial charge on any atom is 0.0278 e. The number of rotatable bonds is 3. The van der Waals surface area contributed by atoms with Crippen LogP contribution in [-0.4, -0.2) is 16.8 Å². The predicted molar refractivity (Wildman–Crippen MR) is 62.4 cm³/mol. The van der Waals surface area contributed by atoms with Crippen LogP contribution in [0.1, 0.15) is 20.8 Å². The molecule has 0 saturated carbocycles. The van der Waals surface area contributed by atoms with Gasteiger partial charge in [0, 0.05) is 29.1 Å². The van der Waals surface area contributed by atoms with Gasteiger partial charge in [-0.2, -0.15) is 0 Å². The summed E-state index contributed by atoms with van der Waals surface area (Å²) in [5.74, 6) is 0.952. The monoisotopic (exact) mass is 210 g/mol. The number of thioether (sulfide) groups is 1. The Bertz CT molecular complexity index is 266. The van der Waals surface area contributed by atoms with Gasteiger partial charge in [0.05, 0.1) is 0 Å².